The minimum Gasteiger partial charge on any atom is -0.460 e. The number of fused-ring (bicyclic) bond motifs is 1. The molecule has 0 bridgehead atoms. The molecule has 4 rings (SSSR count). The van der Waals surface area contributed by atoms with Crippen molar-refractivity contribution in [1.29, 1.82) is 0 Å². The van der Waals surface area contributed by atoms with Gasteiger partial charge in [-0.2, -0.15) is 13.2 Å². The van der Waals surface area contributed by atoms with Gasteiger partial charge in [0.05, 0.1) is 18.5 Å². The number of alkyl halides is 5. The maximum atomic E-state index is 13.8. The van der Waals surface area contributed by atoms with Crippen LogP contribution in [0, 0.1) is 12.8 Å². The molecule has 0 amide bonds. The zero-order valence-corrected chi connectivity index (χ0v) is 18.0. The van der Waals surface area contributed by atoms with E-state index in [-0.39, 0.29) is 67.6 Å². The number of nitrogens with zero attached hydrogens (tertiary/aromatic N) is 3. The first-order valence-electron chi connectivity index (χ1n) is 10.6. The van der Waals surface area contributed by atoms with E-state index >= 15 is 0 Å². The largest absolute Gasteiger partial charge is 0.460 e. The van der Waals surface area contributed by atoms with E-state index in [2.05, 4.69) is 9.97 Å². The Balaban J connectivity index is 1.72. The molecule has 3 aromatic rings. The maximum absolute atomic E-state index is 13.8. The third-order valence-electron chi connectivity index (χ3n) is 5.82. The van der Waals surface area contributed by atoms with Crippen LogP contribution in [-0.4, -0.2) is 32.9 Å². The number of pyridine rings is 1. The van der Waals surface area contributed by atoms with Crippen molar-refractivity contribution in [2.45, 2.75) is 58.1 Å². The first-order chi connectivity index (χ1) is 15.5. The Hall–Kier alpha value is -2.98. The molecule has 0 N–H and O–H groups in total. The second-order valence-electron chi connectivity index (χ2n) is 8.24. The van der Waals surface area contributed by atoms with E-state index in [4.69, 9.17) is 9.15 Å². The molecule has 3 aromatic heterocycles. The third kappa shape index (κ3) is 4.72. The average Bonchev–Trinajstić information content (AvgIpc) is 3.35. The maximum Gasteiger partial charge on any atom is 0.435 e. The molecule has 1 fully saturated rings. The van der Waals surface area contributed by atoms with Crippen molar-refractivity contribution in [1.82, 2.24) is 14.4 Å². The van der Waals surface area contributed by atoms with Crippen LogP contribution in [0.3, 0.4) is 0 Å². The van der Waals surface area contributed by atoms with E-state index in [9.17, 15) is 26.7 Å². The van der Waals surface area contributed by atoms with Crippen molar-refractivity contribution in [3.8, 4) is 11.5 Å². The Kier molecular flexibility index (Phi) is 5.92. The van der Waals surface area contributed by atoms with Gasteiger partial charge in [0.2, 0.25) is 17.6 Å². The standard InChI is InChI=1S/C22H22F5N3O3/c1-3-32-20(31)16-11-28-19(33-16)14-8-12(2)30-15(9-13-4-6-21(23,24)7-5-13)18(22(25,26)27)29-17(30)10-14/h8,10-11,13H,3-7,9H2,1-2H3. The second kappa shape index (κ2) is 8.42. The molecule has 3 heterocycles. The fourth-order valence-electron chi connectivity index (χ4n) is 4.25. The van der Waals surface area contributed by atoms with Gasteiger partial charge in [-0.15, -0.1) is 0 Å². The van der Waals surface area contributed by atoms with Gasteiger partial charge in [0.25, 0.3) is 0 Å². The van der Waals surface area contributed by atoms with Gasteiger partial charge in [-0.05, 0) is 51.2 Å². The van der Waals surface area contributed by atoms with Crippen LogP contribution in [0.5, 0.6) is 0 Å². The molecule has 11 heteroatoms. The van der Waals surface area contributed by atoms with Crippen LogP contribution < -0.4 is 0 Å². The van der Waals surface area contributed by atoms with Crippen molar-refractivity contribution in [3.05, 3.63) is 41.2 Å². The highest BCUT2D eigenvalue weighted by Gasteiger charge is 2.40. The summed E-state index contributed by atoms with van der Waals surface area (Å²) in [5, 5.41) is 0. The van der Waals surface area contributed by atoms with Crippen LogP contribution in [0.4, 0.5) is 22.0 Å². The Morgan fingerprint density at radius 1 is 1.27 bits per heavy atom. The number of carbonyl (C=O) groups is 1. The number of hydrogen-bond donors (Lipinski definition) is 0. The van der Waals surface area contributed by atoms with E-state index in [1.54, 1.807) is 19.9 Å². The first-order valence-corrected chi connectivity index (χ1v) is 10.6. The summed E-state index contributed by atoms with van der Waals surface area (Å²) in [6, 6.07) is 2.97. The number of carbonyl (C=O) groups excluding carboxylic acids is 1. The first kappa shape index (κ1) is 23.2. The number of rotatable bonds is 5. The molecule has 0 atom stereocenters. The van der Waals surface area contributed by atoms with Gasteiger partial charge in [-0.25, -0.2) is 23.5 Å². The molecule has 1 saturated carbocycles. The van der Waals surface area contributed by atoms with Crippen LogP contribution >= 0.6 is 0 Å². The number of esters is 1. The Morgan fingerprint density at radius 3 is 2.61 bits per heavy atom. The van der Waals surface area contributed by atoms with Crippen LogP contribution in [0.2, 0.25) is 0 Å². The lowest BCUT2D eigenvalue weighted by atomic mass is 9.83. The summed E-state index contributed by atoms with van der Waals surface area (Å²) in [6.07, 6.45) is -3.87. The van der Waals surface area contributed by atoms with Gasteiger partial charge in [0.15, 0.2) is 5.69 Å². The van der Waals surface area contributed by atoms with Gasteiger partial charge < -0.3 is 13.6 Å². The topological polar surface area (TPSA) is 69.6 Å². The number of oxazole rings is 1. The molecule has 0 saturated heterocycles. The summed E-state index contributed by atoms with van der Waals surface area (Å²) in [5.74, 6) is -3.83. The molecule has 0 aromatic carbocycles. The van der Waals surface area contributed by atoms with E-state index in [1.165, 1.54) is 16.7 Å². The summed E-state index contributed by atoms with van der Waals surface area (Å²) in [5.41, 5.74) is -0.254. The molecule has 0 unspecified atom stereocenters. The molecule has 178 valence electrons. The van der Waals surface area contributed by atoms with Crippen molar-refractivity contribution in [2.24, 2.45) is 5.92 Å². The highest BCUT2D eigenvalue weighted by Crippen LogP contribution is 2.40. The Labute approximate surface area is 185 Å². The summed E-state index contributed by atoms with van der Waals surface area (Å²) < 4.78 is 80.1. The van der Waals surface area contributed by atoms with Crippen molar-refractivity contribution < 1.29 is 35.9 Å². The molecule has 0 aliphatic heterocycles. The monoisotopic (exact) mass is 471 g/mol. The normalized spacial score (nSPS) is 16.9. The minimum atomic E-state index is -4.70. The quantitative estimate of drug-likeness (QED) is 0.344. The molecule has 0 radical (unpaired) electrons. The van der Waals surface area contributed by atoms with E-state index in [0.717, 1.165) is 0 Å². The van der Waals surface area contributed by atoms with Crippen LogP contribution in [-0.2, 0) is 17.3 Å². The third-order valence-corrected chi connectivity index (χ3v) is 5.82. The van der Waals surface area contributed by atoms with Crippen LogP contribution in [0.15, 0.2) is 22.7 Å². The van der Waals surface area contributed by atoms with Crippen molar-refractivity contribution in [3.63, 3.8) is 0 Å². The van der Waals surface area contributed by atoms with Gasteiger partial charge in [0.1, 0.15) is 5.65 Å². The van der Waals surface area contributed by atoms with E-state index < -0.39 is 23.8 Å². The number of ether oxygens (including phenoxy) is 1. The summed E-state index contributed by atoms with van der Waals surface area (Å²) in [7, 11) is 0. The predicted molar refractivity (Wildman–Crippen MR) is 107 cm³/mol. The van der Waals surface area contributed by atoms with Gasteiger partial charge in [-0.1, -0.05) is 0 Å². The summed E-state index contributed by atoms with van der Waals surface area (Å²) in [6.45, 7) is 3.40. The van der Waals surface area contributed by atoms with Gasteiger partial charge in [0, 0.05) is 24.1 Å². The number of halogens is 5. The predicted octanol–water partition coefficient (Wildman–Crippen LogP) is 5.86. The zero-order chi connectivity index (χ0) is 24.0. The smallest absolute Gasteiger partial charge is 0.435 e. The van der Waals surface area contributed by atoms with E-state index in [0.29, 0.717) is 11.3 Å². The fourth-order valence-corrected chi connectivity index (χ4v) is 4.25. The lowest BCUT2D eigenvalue weighted by Crippen LogP contribution is -2.26. The number of hydrogen-bond acceptors (Lipinski definition) is 5. The fraction of sp³-hybridized carbons (Fsp3) is 0.500. The summed E-state index contributed by atoms with van der Waals surface area (Å²) in [4.78, 5) is 19.7. The van der Waals surface area contributed by atoms with Gasteiger partial charge >= 0.3 is 12.1 Å². The van der Waals surface area contributed by atoms with Crippen molar-refractivity contribution in [2.75, 3.05) is 6.61 Å². The lowest BCUT2D eigenvalue weighted by Gasteiger charge is -2.28. The molecule has 1 aliphatic carbocycles. The molecule has 6 nitrogen and oxygen atoms in total. The SMILES string of the molecule is CCOC(=O)c1cnc(-c2cc(C)n3c(CC4CCC(F)(F)CC4)c(C(F)(F)F)nc3c2)o1. The van der Waals surface area contributed by atoms with E-state index in [1.807, 2.05) is 0 Å². The summed E-state index contributed by atoms with van der Waals surface area (Å²) >= 11 is 0. The number of imidazole rings is 1. The van der Waals surface area contributed by atoms with Gasteiger partial charge in [-0.3, -0.25) is 0 Å². The molecule has 0 spiro atoms. The minimum absolute atomic E-state index is 0.00170. The number of aromatic nitrogens is 3. The molecule has 1 aliphatic rings. The average molecular weight is 471 g/mol. The Morgan fingerprint density at radius 2 is 1.97 bits per heavy atom. The highest BCUT2D eigenvalue weighted by atomic mass is 19.4. The zero-order valence-electron chi connectivity index (χ0n) is 18.0. The lowest BCUT2D eigenvalue weighted by molar-refractivity contribution is -0.141. The van der Waals surface area contributed by atoms with Crippen LogP contribution in [0.1, 0.15) is 60.2 Å². The second-order valence-corrected chi connectivity index (χ2v) is 8.24. The molecular formula is C22H22F5N3O3. The highest BCUT2D eigenvalue weighted by molar-refractivity contribution is 5.86. The number of aryl methyl sites for hydroxylation is 1. The molecule has 33 heavy (non-hydrogen) atoms. The van der Waals surface area contributed by atoms with Crippen molar-refractivity contribution >= 4 is 11.6 Å². The Bertz CT molecular complexity index is 1170. The van der Waals surface area contributed by atoms with Crippen LogP contribution in [0.25, 0.3) is 17.1 Å². The molecular weight excluding hydrogens is 449 g/mol.